The van der Waals surface area contributed by atoms with Crippen LogP contribution in [0.4, 0.5) is 0 Å². The van der Waals surface area contributed by atoms with Crippen LogP contribution >= 0.6 is 0 Å². The van der Waals surface area contributed by atoms with Gasteiger partial charge >= 0.3 is 5.97 Å². The summed E-state index contributed by atoms with van der Waals surface area (Å²) in [5, 5.41) is 7.72. The summed E-state index contributed by atoms with van der Waals surface area (Å²) in [7, 11) is 0. The van der Waals surface area contributed by atoms with E-state index in [0.717, 1.165) is 0 Å². The van der Waals surface area contributed by atoms with Crippen molar-refractivity contribution in [1.82, 2.24) is 0 Å². The van der Waals surface area contributed by atoms with E-state index >= 15 is 0 Å². The Balaban J connectivity index is -0.0000000800. The molecule has 0 aromatic carbocycles. The standard InChI is InChI=1S/C3H6O2.CH3.Y/c1-2-3(4)5;;/h2H2,1H3,(H,4,5);1H3;/q;-1;. The summed E-state index contributed by atoms with van der Waals surface area (Å²) >= 11 is 0. The zero-order chi connectivity index (χ0) is 4.28. The second kappa shape index (κ2) is 9.76. The Morgan fingerprint density at radius 1 is 1.71 bits per heavy atom. The molecule has 7 heavy (non-hydrogen) atoms. The SMILES string of the molecule is CCC(=O)O.[CH3-].[Y]. The van der Waals surface area contributed by atoms with Crippen LogP contribution in [0.2, 0.25) is 0 Å². The molecule has 0 rings (SSSR count). The third-order valence-corrected chi connectivity index (χ3v) is 0.302. The zero-order valence-electron chi connectivity index (χ0n) is 4.64. The van der Waals surface area contributed by atoms with Crippen LogP contribution in [0.5, 0.6) is 0 Å². The molecular formula is C4H9O2Y-. The third-order valence-electron chi connectivity index (χ3n) is 0.302. The molecule has 0 saturated carbocycles. The number of carboxylic acids is 1. The molecule has 0 atom stereocenters. The van der Waals surface area contributed by atoms with E-state index in [2.05, 4.69) is 0 Å². The molecule has 0 bridgehead atoms. The van der Waals surface area contributed by atoms with Crippen LogP contribution in [0.15, 0.2) is 0 Å². The smallest absolute Gasteiger partial charge is 0.303 e. The largest absolute Gasteiger partial charge is 0.481 e. The first-order valence-electron chi connectivity index (χ1n) is 1.49. The van der Waals surface area contributed by atoms with Crippen LogP contribution in [0, 0.1) is 7.43 Å². The van der Waals surface area contributed by atoms with Gasteiger partial charge in [-0.3, -0.25) is 4.79 Å². The number of hydrogen-bond acceptors (Lipinski definition) is 1. The van der Waals surface area contributed by atoms with Gasteiger partial charge in [0.25, 0.3) is 0 Å². The number of aliphatic carboxylic acids is 1. The second-order valence-electron chi connectivity index (χ2n) is 0.747. The summed E-state index contributed by atoms with van der Waals surface area (Å²) in [4.78, 5) is 9.37. The van der Waals surface area contributed by atoms with Crippen molar-refractivity contribution in [2.24, 2.45) is 0 Å². The van der Waals surface area contributed by atoms with Crippen LogP contribution in [-0.4, -0.2) is 11.1 Å². The Kier molecular flexibility index (Phi) is 21.8. The molecule has 2 nitrogen and oxygen atoms in total. The van der Waals surface area contributed by atoms with Crippen LogP contribution in [0.25, 0.3) is 0 Å². The maximum atomic E-state index is 9.37. The first-order valence-corrected chi connectivity index (χ1v) is 1.49. The topological polar surface area (TPSA) is 37.3 Å². The molecular weight excluding hydrogens is 169 g/mol. The van der Waals surface area contributed by atoms with Gasteiger partial charge in [0.05, 0.1) is 0 Å². The molecule has 1 N–H and O–H groups in total. The number of rotatable bonds is 1. The summed E-state index contributed by atoms with van der Waals surface area (Å²) in [5.74, 6) is -0.745. The molecule has 0 heterocycles. The van der Waals surface area contributed by atoms with E-state index in [-0.39, 0.29) is 46.6 Å². The average molecular weight is 178 g/mol. The molecule has 1 radical (unpaired) electrons. The maximum Gasteiger partial charge on any atom is 0.303 e. The van der Waals surface area contributed by atoms with Gasteiger partial charge < -0.3 is 12.5 Å². The minimum atomic E-state index is -0.745. The second-order valence-corrected chi connectivity index (χ2v) is 0.747. The van der Waals surface area contributed by atoms with E-state index in [1.165, 1.54) is 0 Å². The molecule has 3 heteroatoms. The normalized spacial score (nSPS) is 5.29. The Morgan fingerprint density at radius 3 is 1.86 bits per heavy atom. The summed E-state index contributed by atoms with van der Waals surface area (Å²) in [6, 6.07) is 0. The Bertz CT molecular complexity index is 45.0. The van der Waals surface area contributed by atoms with Gasteiger partial charge in [0.1, 0.15) is 0 Å². The fourth-order valence-electron chi connectivity index (χ4n) is 0. The minimum absolute atomic E-state index is 0. The van der Waals surface area contributed by atoms with E-state index in [1.54, 1.807) is 6.92 Å². The van der Waals surface area contributed by atoms with Gasteiger partial charge in [-0.05, 0) is 0 Å². The van der Waals surface area contributed by atoms with Crippen LogP contribution in [0.3, 0.4) is 0 Å². The van der Waals surface area contributed by atoms with Crippen LogP contribution in [-0.2, 0) is 37.5 Å². The van der Waals surface area contributed by atoms with Crippen molar-refractivity contribution in [3.63, 3.8) is 0 Å². The first-order chi connectivity index (χ1) is 2.27. The molecule has 0 aliphatic carbocycles. The van der Waals surface area contributed by atoms with Crippen LogP contribution in [0.1, 0.15) is 13.3 Å². The first kappa shape index (κ1) is 15.6. The average Bonchev–Trinajstić information content (AvgIpc) is 1.38. The van der Waals surface area contributed by atoms with Crippen molar-refractivity contribution >= 4 is 5.97 Å². The molecule has 41 valence electrons. The van der Waals surface area contributed by atoms with Gasteiger partial charge in [0.2, 0.25) is 0 Å². The van der Waals surface area contributed by atoms with Gasteiger partial charge in [-0.2, -0.15) is 0 Å². The molecule has 0 spiro atoms. The minimum Gasteiger partial charge on any atom is -0.481 e. The van der Waals surface area contributed by atoms with Crippen molar-refractivity contribution in [3.8, 4) is 0 Å². The fraction of sp³-hybridized carbons (Fsp3) is 0.500. The monoisotopic (exact) mass is 178 g/mol. The summed E-state index contributed by atoms with van der Waals surface area (Å²) in [6.07, 6.45) is 0.222. The van der Waals surface area contributed by atoms with Crippen molar-refractivity contribution in [2.75, 3.05) is 0 Å². The quantitative estimate of drug-likeness (QED) is 0.606. The zero-order valence-corrected chi connectivity index (χ0v) is 7.48. The number of carbonyl (C=O) groups is 1. The van der Waals surface area contributed by atoms with E-state index in [4.69, 9.17) is 5.11 Å². The molecule has 0 aromatic heterocycles. The molecule has 0 aromatic rings. The van der Waals surface area contributed by atoms with Gasteiger partial charge in [0, 0.05) is 39.1 Å². The number of carboxylic acid groups (broad SMARTS) is 1. The summed E-state index contributed by atoms with van der Waals surface area (Å²) in [5.41, 5.74) is 0. The molecule has 0 fully saturated rings. The Morgan fingerprint density at radius 2 is 1.86 bits per heavy atom. The van der Waals surface area contributed by atoms with Gasteiger partial charge in [-0.1, -0.05) is 6.92 Å². The molecule has 0 amide bonds. The predicted molar refractivity (Wildman–Crippen MR) is 24.3 cm³/mol. The van der Waals surface area contributed by atoms with Gasteiger partial charge in [0.15, 0.2) is 0 Å². The van der Waals surface area contributed by atoms with E-state index < -0.39 is 5.97 Å². The van der Waals surface area contributed by atoms with Crippen molar-refractivity contribution in [2.45, 2.75) is 13.3 Å². The molecule has 0 aliphatic heterocycles. The van der Waals surface area contributed by atoms with Crippen molar-refractivity contribution in [1.29, 1.82) is 0 Å². The van der Waals surface area contributed by atoms with Crippen molar-refractivity contribution < 1.29 is 42.6 Å². The van der Waals surface area contributed by atoms with Gasteiger partial charge in [-0.15, -0.1) is 0 Å². The molecule has 0 unspecified atom stereocenters. The third kappa shape index (κ3) is 20.8. The Hall–Kier alpha value is 0.574. The van der Waals surface area contributed by atoms with E-state index in [9.17, 15) is 4.79 Å². The summed E-state index contributed by atoms with van der Waals surface area (Å²) < 4.78 is 0. The predicted octanol–water partition coefficient (Wildman–Crippen LogP) is 0.929. The van der Waals surface area contributed by atoms with E-state index in [0.29, 0.717) is 0 Å². The maximum absolute atomic E-state index is 9.37. The van der Waals surface area contributed by atoms with Gasteiger partial charge in [-0.25, -0.2) is 0 Å². The molecule has 0 saturated heterocycles. The fourth-order valence-corrected chi connectivity index (χ4v) is 0. The van der Waals surface area contributed by atoms with Crippen LogP contribution < -0.4 is 0 Å². The summed E-state index contributed by atoms with van der Waals surface area (Å²) in [6.45, 7) is 1.60. The Labute approximate surface area is 69.2 Å². The number of hydrogen-bond donors (Lipinski definition) is 1. The molecule has 0 aliphatic rings. The van der Waals surface area contributed by atoms with E-state index in [1.807, 2.05) is 0 Å². The van der Waals surface area contributed by atoms with Crippen molar-refractivity contribution in [3.05, 3.63) is 7.43 Å².